The van der Waals surface area contributed by atoms with Crippen molar-refractivity contribution in [2.45, 2.75) is 74.8 Å². The van der Waals surface area contributed by atoms with Crippen LogP contribution >= 0.6 is 0 Å². The second-order valence-corrected chi connectivity index (χ2v) is 32.3. The molecule has 7 heteroatoms. The Kier molecular flexibility index (Phi) is 4.07. The molecule has 3 heterocycles. The SMILES string of the molecule is CC(C)(C)c1cccc(C23C=CC4(c5cccc(C(C)(C)C)n5)c5c6c7c8c9c%10c%11c%12c%13c(c(c%14c%15c2c4c2c4c5c5c7c7c9c9c%10c%10c%12c%12c%16c%13c%14c%13c%14c%15c2c2c%15c4c4c5c7c5c9c7c%10c%12c9c(c%13%16)c(c%142)c2c%15c4c5c7c92)C3=O)C%11(O)OC8(O)C6=O)n1. The van der Waals surface area contributed by atoms with Gasteiger partial charge in [-0.05, 0) is 256 Å². The van der Waals surface area contributed by atoms with Gasteiger partial charge in [0.05, 0.1) is 16.8 Å². The summed E-state index contributed by atoms with van der Waals surface area (Å²) in [6.45, 7) is 13.3. The molecule has 0 saturated heterocycles. The first-order chi connectivity index (χ1) is 43.1. The van der Waals surface area contributed by atoms with Crippen LogP contribution in [-0.4, -0.2) is 31.7 Å². The van der Waals surface area contributed by atoms with E-state index in [2.05, 4.69) is 90.1 Å². The van der Waals surface area contributed by atoms with E-state index >= 15 is 19.8 Å². The molecule has 0 saturated carbocycles. The van der Waals surface area contributed by atoms with Crippen LogP contribution in [0, 0.1) is 0 Å². The third kappa shape index (κ3) is 2.52. The molecule has 7 nitrogen and oxygen atoms in total. The van der Waals surface area contributed by atoms with Crippen molar-refractivity contribution in [1.29, 1.82) is 0 Å². The van der Waals surface area contributed by atoms with E-state index in [1.807, 2.05) is 0 Å². The van der Waals surface area contributed by atoms with Crippen molar-refractivity contribution in [3.63, 3.8) is 0 Å². The standard InChI is InChI=1S/C82H28N2O5/c1-77(2,3)15-9-7-11-17(83-15)79-13-14-80(18-12-8-10-16(84-18)78(4,5)6)74-61-55-41-34-25-21-19-20-22-26-27(21)36-40(34)54(55)60(73(74)79)57-44(36)35(26)39-37-29(22)32-28(20)33-30-23(19)24(25)31-38(41)48-50-43(31)42(30)49-45(33)51-46(32)52-47(37)56-53(39)59(57)69(79)68-66(56)71-64(52)62(51)70-63(49)65(50)72(67(58(48)61)75(80)85)81(70,87)89-82(71,88)76(68)86/h7-14,87-88H,1-6H3. The number of nitrogens with zero attached hydrogens (tertiary/aromatic N) is 2. The maximum absolute atomic E-state index is 18.7. The number of aromatic nitrogens is 2. The Morgan fingerprint density at radius 3 is 0.966 bits per heavy atom. The Morgan fingerprint density at radius 1 is 0.292 bits per heavy atom. The smallest absolute Gasteiger partial charge is 0.263 e. The lowest BCUT2D eigenvalue weighted by molar-refractivity contribution is -0.300. The number of pyridine rings is 2. The number of benzene rings is 17. The normalized spacial score (nSPS) is 24.3. The van der Waals surface area contributed by atoms with Crippen molar-refractivity contribution in [2.24, 2.45) is 0 Å². The van der Waals surface area contributed by atoms with Gasteiger partial charge in [-0.3, -0.25) is 24.3 Å². The summed E-state index contributed by atoms with van der Waals surface area (Å²) in [6, 6.07) is 12.8. The summed E-state index contributed by atoms with van der Waals surface area (Å²) in [4.78, 5) is 48.5. The summed E-state index contributed by atoms with van der Waals surface area (Å²) in [6.07, 6.45) is 4.56. The van der Waals surface area contributed by atoms with E-state index in [4.69, 9.17) is 14.7 Å². The van der Waals surface area contributed by atoms with Crippen molar-refractivity contribution in [1.82, 2.24) is 9.97 Å². The minimum Gasteiger partial charge on any atom is -0.358 e. The van der Waals surface area contributed by atoms with Gasteiger partial charge in [0, 0.05) is 93.1 Å². The zero-order valence-electron chi connectivity index (χ0n) is 47.6. The van der Waals surface area contributed by atoms with Crippen LogP contribution in [0.3, 0.4) is 0 Å². The van der Waals surface area contributed by atoms with E-state index < -0.39 is 33.6 Å². The molecule has 0 radical (unpaired) electrons. The Bertz CT molecular complexity index is 8440. The molecular weight excluding hydrogens is 1090 g/mol. The summed E-state index contributed by atoms with van der Waals surface area (Å²) in [5.74, 6) is -5.97. The largest absolute Gasteiger partial charge is 0.358 e. The van der Waals surface area contributed by atoms with Crippen LogP contribution in [0.15, 0.2) is 48.6 Å². The lowest BCUT2D eigenvalue weighted by Crippen LogP contribution is -2.48. The molecule has 2 N–H and O–H groups in total. The van der Waals surface area contributed by atoms with E-state index in [1.54, 1.807) is 0 Å². The van der Waals surface area contributed by atoms with E-state index in [-0.39, 0.29) is 11.2 Å². The van der Waals surface area contributed by atoms with Gasteiger partial charge in [0.2, 0.25) is 11.6 Å². The summed E-state index contributed by atoms with van der Waals surface area (Å²) in [5, 5.41) is 88.9. The van der Waals surface area contributed by atoms with E-state index in [0.29, 0.717) is 33.5 Å². The Morgan fingerprint density at radius 2 is 0.562 bits per heavy atom. The lowest BCUT2D eigenvalue weighted by atomic mass is 9.52. The molecule has 4 unspecified atom stereocenters. The number of ether oxygens (including phenoxy) is 1. The molecule has 5 aliphatic carbocycles. The number of carbonyl (C=O) groups excluding carboxylic acids is 2. The second kappa shape index (κ2) is 9.29. The van der Waals surface area contributed by atoms with E-state index in [0.717, 1.165) is 125 Å². The maximum atomic E-state index is 18.7. The van der Waals surface area contributed by atoms with Gasteiger partial charge in [-0.2, -0.15) is 0 Å². The summed E-state index contributed by atoms with van der Waals surface area (Å²) < 4.78 is 7.86. The van der Waals surface area contributed by atoms with Crippen LogP contribution in [0.5, 0.6) is 0 Å². The molecule has 27 aromatic rings. The minimum absolute atomic E-state index is 0.168. The van der Waals surface area contributed by atoms with Crippen molar-refractivity contribution < 1.29 is 24.5 Å². The average molecular weight is 1120 g/mol. The number of rotatable bonds is 2. The van der Waals surface area contributed by atoms with Crippen LogP contribution in [-0.2, 0) is 38.0 Å². The number of ketones is 2. The molecule has 0 amide bonds. The van der Waals surface area contributed by atoms with Gasteiger partial charge >= 0.3 is 0 Å². The summed E-state index contributed by atoms with van der Waals surface area (Å²) in [5.41, 5.74) is 4.48. The molecule has 396 valence electrons. The molecule has 4 atom stereocenters. The van der Waals surface area contributed by atoms with Gasteiger partial charge in [0.1, 0.15) is 5.41 Å². The second-order valence-electron chi connectivity index (χ2n) is 32.3. The minimum atomic E-state index is -2.72. The highest BCUT2D eigenvalue weighted by Crippen LogP contribution is 2.81. The third-order valence-corrected chi connectivity index (χ3v) is 28.0. The van der Waals surface area contributed by atoms with Crippen LogP contribution in [0.4, 0.5) is 0 Å². The van der Waals surface area contributed by atoms with Gasteiger partial charge < -0.3 is 10.2 Å². The quantitative estimate of drug-likeness (QED) is 0.131. The summed E-state index contributed by atoms with van der Waals surface area (Å²) in [7, 11) is 0. The molecule has 89 heavy (non-hydrogen) atoms. The number of Topliss-reactive ketones (excluding diaryl/α,β-unsaturated/α-hetero) is 2. The molecule has 0 bridgehead atoms. The van der Waals surface area contributed by atoms with Crippen LogP contribution in [0.25, 0.3) is 259 Å². The van der Waals surface area contributed by atoms with Crippen LogP contribution in [0.1, 0.15) is 118 Å². The van der Waals surface area contributed by atoms with Crippen molar-refractivity contribution in [3.05, 3.63) is 116 Å². The third-order valence-electron chi connectivity index (χ3n) is 28.0. The molecule has 1 aliphatic heterocycles. The number of aliphatic hydroxyl groups is 2. The Hall–Kier alpha value is -10.0. The zero-order valence-corrected chi connectivity index (χ0v) is 47.6. The predicted octanol–water partition coefficient (Wildman–Crippen LogP) is 18.4. The van der Waals surface area contributed by atoms with Crippen LogP contribution < -0.4 is 0 Å². The van der Waals surface area contributed by atoms with Crippen molar-refractivity contribution >= 4 is 270 Å². The molecule has 25 aromatic carbocycles. The summed E-state index contributed by atoms with van der Waals surface area (Å²) >= 11 is 0. The van der Waals surface area contributed by atoms with Gasteiger partial charge in [-0.1, -0.05) is 65.8 Å². The van der Waals surface area contributed by atoms with E-state index in [1.165, 1.54) is 167 Å². The molecule has 33 rings (SSSR count). The highest BCUT2D eigenvalue weighted by molar-refractivity contribution is 6.80. The van der Waals surface area contributed by atoms with Crippen molar-refractivity contribution in [2.75, 3.05) is 0 Å². The zero-order chi connectivity index (χ0) is 56.6. The highest BCUT2D eigenvalue weighted by Gasteiger charge is 2.68. The Balaban J connectivity index is 1.07. The number of hydrogen-bond acceptors (Lipinski definition) is 7. The monoisotopic (exact) mass is 1120 g/mol. The maximum Gasteiger partial charge on any atom is 0.263 e. The number of hydrogen-bond donors (Lipinski definition) is 2. The molecule has 6 aliphatic rings. The van der Waals surface area contributed by atoms with E-state index in [9.17, 15) is 0 Å². The first kappa shape index (κ1) is 39.0. The predicted molar refractivity (Wildman–Crippen MR) is 356 cm³/mol. The van der Waals surface area contributed by atoms with Crippen molar-refractivity contribution in [3.8, 4) is 0 Å². The van der Waals surface area contributed by atoms with Gasteiger partial charge in [-0.25, -0.2) is 0 Å². The number of fused-ring (bicyclic) bond motifs is 4. The number of carbonyl (C=O) groups is 2. The van der Waals surface area contributed by atoms with Gasteiger partial charge in [0.15, 0.2) is 5.78 Å². The average Bonchev–Trinajstić information content (AvgIpc) is 1.41. The van der Waals surface area contributed by atoms with Gasteiger partial charge in [-0.15, -0.1) is 0 Å². The molecule has 0 fully saturated rings. The first-order valence-electron chi connectivity index (χ1n) is 32.1. The Labute approximate surface area is 492 Å². The molecule has 2 aromatic heterocycles. The fourth-order valence-electron chi connectivity index (χ4n) is 26.3. The first-order valence-corrected chi connectivity index (χ1v) is 32.1. The fraction of sp³-hybridized carbons (Fsp3) is 0.146. The molecular formula is C82H28N2O5. The molecule has 0 spiro atoms. The fourth-order valence-corrected chi connectivity index (χ4v) is 26.3. The van der Waals surface area contributed by atoms with Crippen LogP contribution in [0.2, 0.25) is 0 Å². The topological polar surface area (TPSA) is 110 Å². The lowest BCUT2D eigenvalue weighted by Gasteiger charge is -2.49. The highest BCUT2D eigenvalue weighted by atomic mass is 16.7. The number of allylic oxidation sites excluding steroid dienone is 2. The van der Waals surface area contributed by atoms with Gasteiger partial charge in [0.25, 0.3) is 5.79 Å².